The predicted molar refractivity (Wildman–Crippen MR) is 66.2 cm³/mol. The Bertz CT molecular complexity index is 658. The smallest absolute Gasteiger partial charge is 0.244 e. The molecule has 0 spiro atoms. The second kappa shape index (κ2) is 5.27. The molecule has 1 heterocycles. The van der Waals surface area contributed by atoms with E-state index in [2.05, 4.69) is 0 Å². The lowest BCUT2D eigenvalue weighted by molar-refractivity contribution is -0.134. The van der Waals surface area contributed by atoms with E-state index in [0.717, 1.165) is 22.5 Å². The third kappa shape index (κ3) is 2.69. The third-order valence-corrected chi connectivity index (χ3v) is 4.58. The Hall–Kier alpha value is -1.84. The number of halogens is 1. The van der Waals surface area contributed by atoms with Crippen LogP contribution in [0.5, 0.6) is 0 Å². The Kier molecular flexibility index (Phi) is 3.84. The van der Waals surface area contributed by atoms with Gasteiger partial charge in [0.25, 0.3) is 0 Å². The highest BCUT2D eigenvalue weighted by Gasteiger charge is 2.33. The van der Waals surface area contributed by atoms with Crippen LogP contribution in [0, 0.1) is 5.82 Å². The molecule has 0 saturated carbocycles. The van der Waals surface area contributed by atoms with E-state index in [-0.39, 0.29) is 17.0 Å². The van der Waals surface area contributed by atoms with Crippen LogP contribution >= 0.6 is 0 Å². The molecule has 7 nitrogen and oxygen atoms in total. The molecule has 1 aliphatic rings. The molecular formula is C11H12FN3O4S. The van der Waals surface area contributed by atoms with E-state index < -0.39 is 40.7 Å². The van der Waals surface area contributed by atoms with Gasteiger partial charge in [0, 0.05) is 12.1 Å². The van der Waals surface area contributed by atoms with Crippen molar-refractivity contribution in [2.45, 2.75) is 11.4 Å². The van der Waals surface area contributed by atoms with Gasteiger partial charge in [-0.25, -0.2) is 12.8 Å². The first-order chi connectivity index (χ1) is 9.34. The maximum Gasteiger partial charge on any atom is 0.244 e. The zero-order valence-electron chi connectivity index (χ0n) is 10.3. The predicted octanol–water partition coefficient (Wildman–Crippen LogP) is -1.07. The Morgan fingerprint density at radius 3 is 2.40 bits per heavy atom. The topological polar surface area (TPSA) is 110 Å². The summed E-state index contributed by atoms with van der Waals surface area (Å²) in [4.78, 5) is 22.2. The van der Waals surface area contributed by atoms with Crippen LogP contribution in [-0.4, -0.2) is 37.6 Å². The van der Waals surface area contributed by atoms with Gasteiger partial charge in [0.2, 0.25) is 21.8 Å². The second-order valence-electron chi connectivity index (χ2n) is 4.20. The Labute approximate surface area is 114 Å². The number of hydrogen-bond donors (Lipinski definition) is 2. The van der Waals surface area contributed by atoms with E-state index in [1.165, 1.54) is 0 Å². The van der Waals surface area contributed by atoms with Crippen molar-refractivity contribution < 1.29 is 22.4 Å². The molecule has 3 N–H and O–H groups in total. The van der Waals surface area contributed by atoms with Crippen molar-refractivity contribution >= 4 is 21.8 Å². The van der Waals surface area contributed by atoms with Crippen LogP contribution in [0.1, 0.15) is 5.56 Å². The summed E-state index contributed by atoms with van der Waals surface area (Å²) in [6, 6.07) is 3.16. The van der Waals surface area contributed by atoms with Crippen LogP contribution in [0.3, 0.4) is 0 Å². The van der Waals surface area contributed by atoms with E-state index >= 15 is 0 Å². The van der Waals surface area contributed by atoms with Gasteiger partial charge in [-0.2, -0.15) is 4.31 Å². The van der Waals surface area contributed by atoms with Gasteiger partial charge in [0.1, 0.15) is 5.82 Å². The van der Waals surface area contributed by atoms with E-state index in [9.17, 15) is 22.4 Å². The highest BCUT2D eigenvalue weighted by Crippen LogP contribution is 2.19. The maximum absolute atomic E-state index is 13.3. The first-order valence-electron chi connectivity index (χ1n) is 5.66. The zero-order chi connectivity index (χ0) is 14.9. The third-order valence-electron chi connectivity index (χ3n) is 2.79. The summed E-state index contributed by atoms with van der Waals surface area (Å²) < 4.78 is 38.6. The zero-order valence-corrected chi connectivity index (χ0v) is 11.1. The summed E-state index contributed by atoms with van der Waals surface area (Å²) in [7, 11) is -4.05. The molecule has 0 bridgehead atoms. The molecule has 0 aromatic heterocycles. The molecule has 1 aliphatic heterocycles. The maximum atomic E-state index is 13.3. The van der Waals surface area contributed by atoms with Crippen LogP contribution in [-0.2, 0) is 26.2 Å². The van der Waals surface area contributed by atoms with Gasteiger partial charge in [-0.15, -0.1) is 0 Å². The fraction of sp³-hybridized carbons (Fsp3) is 0.273. The highest BCUT2D eigenvalue weighted by molar-refractivity contribution is 7.89. The number of nitrogens with one attached hydrogen (secondary N) is 1. The molecule has 1 aromatic rings. The van der Waals surface area contributed by atoms with E-state index in [1.54, 1.807) is 0 Å². The van der Waals surface area contributed by atoms with Crippen LogP contribution < -0.4 is 11.1 Å². The normalized spacial score (nSPS) is 17.1. The molecule has 0 unspecified atom stereocenters. The van der Waals surface area contributed by atoms with Crippen LogP contribution in [0.25, 0.3) is 0 Å². The van der Waals surface area contributed by atoms with Crippen LogP contribution in [0.4, 0.5) is 4.39 Å². The van der Waals surface area contributed by atoms with Gasteiger partial charge in [-0.3, -0.25) is 14.9 Å². The average Bonchev–Trinajstić information content (AvgIpc) is 2.37. The molecule has 1 aromatic carbocycles. The minimum atomic E-state index is -4.05. The Balaban J connectivity index is 2.39. The minimum Gasteiger partial charge on any atom is -0.326 e. The van der Waals surface area contributed by atoms with Gasteiger partial charge in [-0.05, 0) is 18.2 Å². The molecule has 20 heavy (non-hydrogen) atoms. The van der Waals surface area contributed by atoms with Gasteiger partial charge in [0.15, 0.2) is 0 Å². The van der Waals surface area contributed by atoms with E-state index in [4.69, 9.17) is 5.73 Å². The summed E-state index contributed by atoms with van der Waals surface area (Å²) >= 11 is 0. The number of hydrogen-bond acceptors (Lipinski definition) is 5. The van der Waals surface area contributed by atoms with Crippen molar-refractivity contribution in [1.82, 2.24) is 9.62 Å². The molecule has 9 heteroatoms. The highest BCUT2D eigenvalue weighted by atomic mass is 32.2. The van der Waals surface area contributed by atoms with Crippen LogP contribution in [0.15, 0.2) is 23.1 Å². The van der Waals surface area contributed by atoms with Crippen molar-refractivity contribution in [2.24, 2.45) is 5.73 Å². The molecule has 0 atom stereocenters. The molecular weight excluding hydrogens is 289 g/mol. The summed E-state index contributed by atoms with van der Waals surface area (Å²) in [5.74, 6) is -2.02. The van der Waals surface area contributed by atoms with Crippen molar-refractivity contribution in [3.8, 4) is 0 Å². The van der Waals surface area contributed by atoms with Gasteiger partial charge in [-0.1, -0.05) is 0 Å². The van der Waals surface area contributed by atoms with Crippen molar-refractivity contribution in [3.63, 3.8) is 0 Å². The quantitative estimate of drug-likeness (QED) is 0.691. The van der Waals surface area contributed by atoms with E-state index in [0.29, 0.717) is 0 Å². The standard InChI is InChI=1S/C11H12FN3O4S/c12-9-2-1-8(3-7(9)4-13)20(18,19)15-5-10(16)14-11(17)6-15/h1-3H,4-6,13H2,(H,14,16,17). The summed E-state index contributed by atoms with van der Waals surface area (Å²) in [6.07, 6.45) is 0. The Morgan fingerprint density at radius 1 is 1.25 bits per heavy atom. The lowest BCUT2D eigenvalue weighted by Gasteiger charge is -2.24. The molecule has 2 rings (SSSR count). The number of carbonyl (C=O) groups is 2. The summed E-state index contributed by atoms with van der Waals surface area (Å²) in [5, 5.41) is 2.00. The SMILES string of the molecule is NCc1cc(S(=O)(=O)N2CC(=O)NC(=O)C2)ccc1F. The molecule has 0 aliphatic carbocycles. The molecule has 108 valence electrons. The summed E-state index contributed by atoms with van der Waals surface area (Å²) in [6.45, 7) is -1.07. The fourth-order valence-corrected chi connectivity index (χ4v) is 3.20. The largest absolute Gasteiger partial charge is 0.326 e. The van der Waals surface area contributed by atoms with Crippen molar-refractivity contribution in [3.05, 3.63) is 29.6 Å². The minimum absolute atomic E-state index is 0.0406. The number of amides is 2. The lowest BCUT2D eigenvalue weighted by Crippen LogP contribution is -2.53. The van der Waals surface area contributed by atoms with Gasteiger partial charge >= 0.3 is 0 Å². The number of imide groups is 1. The molecule has 1 saturated heterocycles. The first kappa shape index (κ1) is 14.6. The number of piperazine rings is 1. The lowest BCUT2D eigenvalue weighted by atomic mass is 10.2. The van der Waals surface area contributed by atoms with Gasteiger partial charge < -0.3 is 5.73 Å². The number of benzene rings is 1. The van der Waals surface area contributed by atoms with Crippen molar-refractivity contribution in [2.75, 3.05) is 13.1 Å². The fourth-order valence-electron chi connectivity index (χ4n) is 1.80. The number of sulfonamides is 1. The number of rotatable bonds is 3. The number of nitrogens with zero attached hydrogens (tertiary/aromatic N) is 1. The second-order valence-corrected chi connectivity index (χ2v) is 6.14. The van der Waals surface area contributed by atoms with Crippen LogP contribution in [0.2, 0.25) is 0 Å². The molecule has 1 fully saturated rings. The number of nitrogens with two attached hydrogens (primary N) is 1. The molecule has 0 radical (unpaired) electrons. The van der Waals surface area contributed by atoms with E-state index in [1.807, 2.05) is 5.32 Å². The Morgan fingerprint density at radius 2 is 1.85 bits per heavy atom. The number of carbonyl (C=O) groups excluding carboxylic acids is 2. The van der Waals surface area contributed by atoms with Gasteiger partial charge in [0.05, 0.1) is 18.0 Å². The van der Waals surface area contributed by atoms with Crippen molar-refractivity contribution in [1.29, 1.82) is 0 Å². The first-order valence-corrected chi connectivity index (χ1v) is 7.10. The monoisotopic (exact) mass is 301 g/mol. The average molecular weight is 301 g/mol. The molecule has 2 amide bonds. The summed E-state index contributed by atoms with van der Waals surface area (Å²) in [5.41, 5.74) is 5.36.